The summed E-state index contributed by atoms with van der Waals surface area (Å²) in [6.07, 6.45) is -0.0359. The van der Waals surface area contributed by atoms with Gasteiger partial charge in [-0.25, -0.2) is 0 Å². The van der Waals surface area contributed by atoms with Crippen molar-refractivity contribution in [2.24, 2.45) is 0 Å². The number of non-ortho nitro benzene ring substituents is 1. The van der Waals surface area contributed by atoms with Gasteiger partial charge in [-0.3, -0.25) is 19.7 Å². The normalized spacial score (nSPS) is 10.4. The van der Waals surface area contributed by atoms with Crippen LogP contribution in [0.2, 0.25) is 0 Å². The lowest BCUT2D eigenvalue weighted by atomic mass is 10.0. The topological polar surface area (TPSA) is 108 Å². The first kappa shape index (κ1) is 20.9. The number of esters is 1. The van der Waals surface area contributed by atoms with Gasteiger partial charge in [0.2, 0.25) is 0 Å². The second-order valence-electron chi connectivity index (χ2n) is 6.34. The van der Waals surface area contributed by atoms with Crippen molar-refractivity contribution in [2.45, 2.75) is 26.2 Å². The molecule has 148 valence electrons. The van der Waals surface area contributed by atoms with Gasteiger partial charge in [0.15, 0.2) is 6.61 Å². The Hall–Kier alpha value is -3.42. The number of nitro groups is 1. The average Bonchev–Trinajstić information content (AvgIpc) is 2.67. The molecule has 0 heterocycles. The molecule has 0 unspecified atom stereocenters. The summed E-state index contributed by atoms with van der Waals surface area (Å²) >= 11 is 0. The summed E-state index contributed by atoms with van der Waals surface area (Å²) in [4.78, 5) is 33.6. The number of nitro benzene ring substituents is 1. The molecule has 0 spiro atoms. The smallest absolute Gasteiger partial charge is 0.312 e. The second-order valence-corrected chi connectivity index (χ2v) is 6.34. The maximum atomic E-state index is 11.8. The van der Waals surface area contributed by atoms with Crippen LogP contribution in [0.3, 0.4) is 0 Å². The Bertz CT molecular complexity index is 816. The van der Waals surface area contributed by atoms with E-state index in [-0.39, 0.29) is 36.9 Å². The number of hydrogen-bond acceptors (Lipinski definition) is 6. The van der Waals surface area contributed by atoms with Gasteiger partial charge in [-0.2, -0.15) is 0 Å². The highest BCUT2D eigenvalue weighted by molar-refractivity contribution is 5.78. The SMILES string of the molecule is CC(C)c1ccc(OCC(=O)NCCC(=O)Oc2ccc([N+](=O)[O-])cc2)cc1. The van der Waals surface area contributed by atoms with E-state index < -0.39 is 10.9 Å². The number of amides is 1. The Kier molecular flexibility index (Phi) is 7.50. The summed E-state index contributed by atoms with van der Waals surface area (Å²) < 4.78 is 10.4. The van der Waals surface area contributed by atoms with Gasteiger partial charge >= 0.3 is 5.97 Å². The van der Waals surface area contributed by atoms with Gasteiger partial charge in [0.1, 0.15) is 11.5 Å². The van der Waals surface area contributed by atoms with Gasteiger partial charge in [0, 0.05) is 18.7 Å². The van der Waals surface area contributed by atoms with Crippen LogP contribution in [0.5, 0.6) is 11.5 Å². The number of carbonyl (C=O) groups excluding carboxylic acids is 2. The third-order valence-electron chi connectivity index (χ3n) is 3.85. The van der Waals surface area contributed by atoms with Crippen LogP contribution in [-0.2, 0) is 9.59 Å². The molecular formula is C20H22N2O6. The fourth-order valence-corrected chi connectivity index (χ4v) is 2.27. The molecule has 0 aromatic heterocycles. The summed E-state index contributed by atoms with van der Waals surface area (Å²) in [6.45, 7) is 4.13. The lowest BCUT2D eigenvalue weighted by Gasteiger charge is -2.09. The van der Waals surface area contributed by atoms with Crippen molar-refractivity contribution >= 4 is 17.6 Å². The van der Waals surface area contributed by atoms with E-state index in [0.717, 1.165) is 0 Å². The predicted octanol–water partition coefficient (Wildman–Crippen LogP) is 3.21. The van der Waals surface area contributed by atoms with E-state index in [2.05, 4.69) is 19.2 Å². The van der Waals surface area contributed by atoms with Crippen LogP contribution in [0, 0.1) is 10.1 Å². The average molecular weight is 386 g/mol. The first-order chi connectivity index (χ1) is 13.3. The number of ether oxygens (including phenoxy) is 2. The Morgan fingerprint density at radius 1 is 1.04 bits per heavy atom. The maximum Gasteiger partial charge on any atom is 0.312 e. The van der Waals surface area contributed by atoms with Gasteiger partial charge in [0.25, 0.3) is 11.6 Å². The van der Waals surface area contributed by atoms with Gasteiger partial charge in [-0.1, -0.05) is 26.0 Å². The largest absolute Gasteiger partial charge is 0.484 e. The lowest BCUT2D eigenvalue weighted by Crippen LogP contribution is -2.31. The minimum Gasteiger partial charge on any atom is -0.484 e. The molecular weight excluding hydrogens is 364 g/mol. The molecule has 0 atom stereocenters. The van der Waals surface area contributed by atoms with Crippen molar-refractivity contribution in [1.82, 2.24) is 5.32 Å². The number of nitrogens with zero attached hydrogens (tertiary/aromatic N) is 1. The third-order valence-corrected chi connectivity index (χ3v) is 3.85. The molecule has 0 fully saturated rings. The molecule has 8 heteroatoms. The second kappa shape index (κ2) is 10.1. The van der Waals surface area contributed by atoms with Gasteiger partial charge in [-0.05, 0) is 35.7 Å². The Morgan fingerprint density at radius 3 is 2.21 bits per heavy atom. The first-order valence-corrected chi connectivity index (χ1v) is 8.79. The fourth-order valence-electron chi connectivity index (χ4n) is 2.27. The van der Waals surface area contributed by atoms with Crippen LogP contribution in [0.4, 0.5) is 5.69 Å². The molecule has 2 aromatic rings. The molecule has 2 rings (SSSR count). The Morgan fingerprint density at radius 2 is 1.64 bits per heavy atom. The maximum absolute atomic E-state index is 11.8. The summed E-state index contributed by atoms with van der Waals surface area (Å²) in [5.41, 5.74) is 1.09. The Labute approximate surface area is 162 Å². The highest BCUT2D eigenvalue weighted by atomic mass is 16.6. The molecule has 0 saturated carbocycles. The number of hydrogen-bond donors (Lipinski definition) is 1. The molecule has 0 aliphatic carbocycles. The van der Waals surface area contributed by atoms with E-state index in [1.54, 1.807) is 0 Å². The minimum atomic E-state index is -0.556. The summed E-state index contributed by atoms with van der Waals surface area (Å²) in [7, 11) is 0. The van der Waals surface area contributed by atoms with Crippen molar-refractivity contribution in [2.75, 3.05) is 13.2 Å². The fraction of sp³-hybridized carbons (Fsp3) is 0.300. The monoisotopic (exact) mass is 386 g/mol. The van der Waals surface area contributed by atoms with Crippen LogP contribution in [0.25, 0.3) is 0 Å². The highest BCUT2D eigenvalue weighted by Gasteiger charge is 2.09. The standard InChI is InChI=1S/C20H22N2O6/c1-14(2)15-3-7-17(8-4-15)27-13-19(23)21-12-11-20(24)28-18-9-5-16(6-10-18)22(25)26/h3-10,14H,11-13H2,1-2H3,(H,21,23). The molecule has 0 radical (unpaired) electrons. The molecule has 0 bridgehead atoms. The minimum absolute atomic E-state index is 0.0359. The zero-order valence-electron chi connectivity index (χ0n) is 15.7. The Balaban J connectivity index is 1.67. The quantitative estimate of drug-likeness (QED) is 0.307. The summed E-state index contributed by atoms with van der Waals surface area (Å²) in [6, 6.07) is 12.7. The molecule has 0 aliphatic heterocycles. The molecule has 1 N–H and O–H groups in total. The van der Waals surface area contributed by atoms with Crippen LogP contribution < -0.4 is 14.8 Å². The van der Waals surface area contributed by atoms with Gasteiger partial charge in [-0.15, -0.1) is 0 Å². The van der Waals surface area contributed by atoms with Crippen molar-refractivity contribution in [3.63, 3.8) is 0 Å². The number of benzene rings is 2. The van der Waals surface area contributed by atoms with E-state index in [1.165, 1.54) is 29.8 Å². The highest BCUT2D eigenvalue weighted by Crippen LogP contribution is 2.19. The van der Waals surface area contributed by atoms with Crippen molar-refractivity contribution in [3.8, 4) is 11.5 Å². The molecule has 0 saturated heterocycles. The molecule has 8 nitrogen and oxygen atoms in total. The zero-order valence-corrected chi connectivity index (χ0v) is 15.7. The lowest BCUT2D eigenvalue weighted by molar-refractivity contribution is -0.384. The van der Waals surface area contributed by atoms with Crippen LogP contribution >= 0.6 is 0 Å². The van der Waals surface area contributed by atoms with E-state index in [1.807, 2.05) is 24.3 Å². The number of nitrogens with one attached hydrogen (secondary N) is 1. The van der Waals surface area contributed by atoms with Crippen LogP contribution in [-0.4, -0.2) is 30.0 Å². The number of carbonyl (C=O) groups is 2. The van der Waals surface area contributed by atoms with Crippen molar-refractivity contribution in [3.05, 3.63) is 64.2 Å². The predicted molar refractivity (Wildman–Crippen MR) is 102 cm³/mol. The van der Waals surface area contributed by atoms with E-state index >= 15 is 0 Å². The molecule has 28 heavy (non-hydrogen) atoms. The third kappa shape index (κ3) is 6.71. The van der Waals surface area contributed by atoms with Crippen molar-refractivity contribution in [1.29, 1.82) is 0 Å². The number of rotatable bonds is 9. The van der Waals surface area contributed by atoms with Crippen LogP contribution in [0.15, 0.2) is 48.5 Å². The van der Waals surface area contributed by atoms with E-state index in [0.29, 0.717) is 11.7 Å². The van der Waals surface area contributed by atoms with Crippen molar-refractivity contribution < 1.29 is 24.0 Å². The van der Waals surface area contributed by atoms with Crippen LogP contribution in [0.1, 0.15) is 31.7 Å². The summed E-state index contributed by atoms with van der Waals surface area (Å²) in [5, 5.41) is 13.1. The van der Waals surface area contributed by atoms with Gasteiger partial charge < -0.3 is 14.8 Å². The van der Waals surface area contributed by atoms with Gasteiger partial charge in [0.05, 0.1) is 11.3 Å². The molecule has 2 aromatic carbocycles. The van der Waals surface area contributed by atoms with E-state index in [4.69, 9.17) is 9.47 Å². The summed E-state index contributed by atoms with van der Waals surface area (Å²) in [5.74, 6) is 0.311. The van der Waals surface area contributed by atoms with E-state index in [9.17, 15) is 19.7 Å². The molecule has 0 aliphatic rings. The zero-order chi connectivity index (χ0) is 20.5. The molecule has 1 amide bonds. The first-order valence-electron chi connectivity index (χ1n) is 8.79.